The van der Waals surface area contributed by atoms with E-state index in [0.717, 1.165) is 0 Å². The number of hydrogen-bond donors (Lipinski definition) is 3. The number of amides is 1. The van der Waals surface area contributed by atoms with E-state index in [1.807, 2.05) is 0 Å². The minimum Gasteiger partial charge on any atom is -0.507 e. The van der Waals surface area contributed by atoms with Crippen LogP contribution in [0.25, 0.3) is 11.3 Å². The molecule has 2 rings (SSSR count). The molecule has 0 saturated carbocycles. The van der Waals surface area contributed by atoms with Crippen LogP contribution in [-0.2, 0) is 0 Å². The van der Waals surface area contributed by atoms with Gasteiger partial charge in [0.05, 0.1) is 7.11 Å². The smallest absolute Gasteiger partial charge is 0.271 e. The van der Waals surface area contributed by atoms with Crippen LogP contribution in [0.4, 0.5) is 0 Å². The number of nitrogens with one attached hydrogen (secondary N) is 1. The number of H-pyrrole nitrogens is 1. The highest BCUT2D eigenvalue weighted by Gasteiger charge is 2.18. The third-order valence-corrected chi connectivity index (χ3v) is 2.24. The lowest BCUT2D eigenvalue weighted by molar-refractivity contribution is 0.0996. The third kappa shape index (κ3) is 1.89. The number of phenols is 1. The summed E-state index contributed by atoms with van der Waals surface area (Å²) in [5, 5.41) is 19.5. The second kappa shape index (κ2) is 4.12. The van der Waals surface area contributed by atoms with E-state index in [1.165, 1.54) is 13.2 Å². The van der Waals surface area contributed by atoms with Crippen LogP contribution in [0.2, 0.25) is 0 Å². The summed E-state index contributed by atoms with van der Waals surface area (Å²) in [6.07, 6.45) is 0. The van der Waals surface area contributed by atoms with E-state index in [2.05, 4.69) is 15.4 Å². The number of primary amides is 1. The molecule has 0 bridgehead atoms. The first-order valence-electron chi connectivity index (χ1n) is 4.71. The minimum absolute atomic E-state index is 0.0227. The molecule has 17 heavy (non-hydrogen) atoms. The van der Waals surface area contributed by atoms with E-state index in [9.17, 15) is 9.90 Å². The molecule has 0 fully saturated rings. The van der Waals surface area contributed by atoms with Crippen molar-refractivity contribution >= 4 is 5.91 Å². The van der Waals surface area contributed by atoms with Crippen LogP contribution in [-0.4, -0.2) is 33.5 Å². The Balaban J connectivity index is 2.53. The lowest BCUT2D eigenvalue weighted by atomic mass is 10.1. The summed E-state index contributed by atoms with van der Waals surface area (Å²) in [6, 6.07) is 4.61. The highest BCUT2D eigenvalue weighted by atomic mass is 16.5. The van der Waals surface area contributed by atoms with Crippen molar-refractivity contribution in [3.63, 3.8) is 0 Å². The molecule has 0 atom stereocenters. The minimum atomic E-state index is -0.719. The van der Waals surface area contributed by atoms with Gasteiger partial charge in [0.15, 0.2) is 5.69 Å². The summed E-state index contributed by atoms with van der Waals surface area (Å²) < 4.78 is 4.95. The maximum Gasteiger partial charge on any atom is 0.271 e. The molecular weight excluding hydrogens is 224 g/mol. The maximum atomic E-state index is 11.1. The van der Waals surface area contributed by atoms with Crippen LogP contribution < -0.4 is 10.5 Å². The first-order chi connectivity index (χ1) is 8.13. The zero-order valence-electron chi connectivity index (χ0n) is 8.97. The molecule has 7 heteroatoms. The quantitative estimate of drug-likeness (QED) is 0.705. The summed E-state index contributed by atoms with van der Waals surface area (Å²) in [7, 11) is 1.49. The second-order valence-electron chi connectivity index (χ2n) is 3.27. The predicted octanol–water partition coefficient (Wildman–Crippen LogP) is 0.285. The predicted molar refractivity (Wildman–Crippen MR) is 58.6 cm³/mol. The summed E-state index contributed by atoms with van der Waals surface area (Å²) in [5.74, 6) is -0.292. The van der Waals surface area contributed by atoms with Gasteiger partial charge in [-0.05, 0) is 12.1 Å². The third-order valence-electron chi connectivity index (χ3n) is 2.24. The molecule has 0 saturated heterocycles. The molecule has 0 aliphatic rings. The Morgan fingerprint density at radius 3 is 2.82 bits per heavy atom. The monoisotopic (exact) mass is 234 g/mol. The molecule has 0 radical (unpaired) electrons. The summed E-state index contributed by atoms with van der Waals surface area (Å²) in [5.41, 5.74) is 5.67. The number of aromatic nitrogens is 3. The van der Waals surface area contributed by atoms with E-state index in [4.69, 9.17) is 10.5 Å². The Morgan fingerprint density at radius 2 is 2.24 bits per heavy atom. The molecule has 0 unspecified atom stereocenters. The van der Waals surface area contributed by atoms with Crippen LogP contribution in [0.5, 0.6) is 11.5 Å². The van der Waals surface area contributed by atoms with E-state index >= 15 is 0 Å². The first kappa shape index (κ1) is 10.9. The van der Waals surface area contributed by atoms with Gasteiger partial charge in [-0.2, -0.15) is 15.4 Å². The van der Waals surface area contributed by atoms with Crippen molar-refractivity contribution in [1.29, 1.82) is 0 Å². The number of methoxy groups -OCH3 is 1. The van der Waals surface area contributed by atoms with Gasteiger partial charge in [-0.3, -0.25) is 4.79 Å². The lowest BCUT2D eigenvalue weighted by Gasteiger charge is -2.04. The molecule has 1 aromatic carbocycles. The number of hydrogen-bond acceptors (Lipinski definition) is 5. The van der Waals surface area contributed by atoms with E-state index in [-0.39, 0.29) is 17.1 Å². The number of ether oxygens (including phenoxy) is 1. The Morgan fingerprint density at radius 1 is 1.47 bits per heavy atom. The number of benzene rings is 1. The molecule has 0 aliphatic carbocycles. The van der Waals surface area contributed by atoms with E-state index in [0.29, 0.717) is 11.3 Å². The molecule has 1 amide bonds. The van der Waals surface area contributed by atoms with Gasteiger partial charge in [0.1, 0.15) is 17.2 Å². The Hall–Kier alpha value is -2.57. The average molecular weight is 234 g/mol. The number of nitrogens with zero attached hydrogens (tertiary/aromatic N) is 2. The lowest BCUT2D eigenvalue weighted by Crippen LogP contribution is -2.12. The van der Waals surface area contributed by atoms with E-state index in [1.54, 1.807) is 12.1 Å². The molecule has 4 N–H and O–H groups in total. The molecule has 0 spiro atoms. The molecule has 1 heterocycles. The SMILES string of the molecule is COc1ccc(-c2n[nH]nc2C(N)=O)c(O)c1. The van der Waals surface area contributed by atoms with Crippen molar-refractivity contribution in [2.45, 2.75) is 0 Å². The van der Waals surface area contributed by atoms with Crippen LogP contribution in [0.15, 0.2) is 18.2 Å². The Labute approximate surface area is 96.2 Å². The molecule has 88 valence electrons. The Bertz CT molecular complexity index is 564. The van der Waals surface area contributed by atoms with Gasteiger partial charge >= 0.3 is 0 Å². The summed E-state index contributed by atoms with van der Waals surface area (Å²) in [4.78, 5) is 11.1. The van der Waals surface area contributed by atoms with E-state index < -0.39 is 5.91 Å². The topological polar surface area (TPSA) is 114 Å². The van der Waals surface area contributed by atoms with Gasteiger partial charge in [0.2, 0.25) is 0 Å². The highest BCUT2D eigenvalue weighted by Crippen LogP contribution is 2.32. The van der Waals surface area contributed by atoms with Crippen molar-refractivity contribution < 1.29 is 14.6 Å². The van der Waals surface area contributed by atoms with Crippen molar-refractivity contribution in [3.05, 3.63) is 23.9 Å². The molecule has 1 aromatic heterocycles. The number of carbonyl (C=O) groups excluding carboxylic acids is 1. The molecule has 2 aromatic rings. The van der Waals surface area contributed by atoms with Gasteiger partial charge in [-0.15, -0.1) is 0 Å². The summed E-state index contributed by atoms with van der Waals surface area (Å²) >= 11 is 0. The number of phenolic OH excluding ortho intramolecular Hbond substituents is 1. The standard InChI is InChI=1S/C10H10N4O3/c1-17-5-2-3-6(7(15)4-5)8-9(10(11)16)13-14-12-8/h2-4,15H,1H3,(H2,11,16)(H,12,13,14). The highest BCUT2D eigenvalue weighted by molar-refractivity contribution is 5.97. The molecule has 7 nitrogen and oxygen atoms in total. The molecular formula is C10H10N4O3. The van der Waals surface area contributed by atoms with Crippen LogP contribution >= 0.6 is 0 Å². The zero-order valence-corrected chi connectivity index (χ0v) is 8.97. The number of carbonyl (C=O) groups is 1. The Kier molecular flexibility index (Phi) is 2.65. The fraction of sp³-hybridized carbons (Fsp3) is 0.100. The van der Waals surface area contributed by atoms with Gasteiger partial charge in [-0.1, -0.05) is 0 Å². The van der Waals surface area contributed by atoms with Gasteiger partial charge in [0, 0.05) is 11.6 Å². The zero-order chi connectivity index (χ0) is 12.4. The average Bonchev–Trinajstić information content (AvgIpc) is 2.77. The van der Waals surface area contributed by atoms with Crippen LogP contribution in [0.3, 0.4) is 0 Å². The maximum absolute atomic E-state index is 11.1. The fourth-order valence-electron chi connectivity index (χ4n) is 1.43. The van der Waals surface area contributed by atoms with Crippen LogP contribution in [0.1, 0.15) is 10.5 Å². The van der Waals surface area contributed by atoms with Crippen LogP contribution in [0, 0.1) is 0 Å². The van der Waals surface area contributed by atoms with Crippen molar-refractivity contribution in [1.82, 2.24) is 15.4 Å². The largest absolute Gasteiger partial charge is 0.507 e. The van der Waals surface area contributed by atoms with Gasteiger partial charge < -0.3 is 15.6 Å². The van der Waals surface area contributed by atoms with Crippen molar-refractivity contribution in [3.8, 4) is 22.8 Å². The number of nitrogens with two attached hydrogens (primary N) is 1. The van der Waals surface area contributed by atoms with Gasteiger partial charge in [-0.25, -0.2) is 0 Å². The second-order valence-corrected chi connectivity index (χ2v) is 3.27. The normalized spacial score (nSPS) is 10.2. The number of aromatic hydroxyl groups is 1. The number of aromatic amines is 1. The molecule has 0 aliphatic heterocycles. The van der Waals surface area contributed by atoms with Crippen molar-refractivity contribution in [2.24, 2.45) is 5.73 Å². The van der Waals surface area contributed by atoms with Crippen molar-refractivity contribution in [2.75, 3.05) is 7.11 Å². The van der Waals surface area contributed by atoms with Gasteiger partial charge in [0.25, 0.3) is 5.91 Å². The summed E-state index contributed by atoms with van der Waals surface area (Å²) in [6.45, 7) is 0. The number of rotatable bonds is 3. The fourth-order valence-corrected chi connectivity index (χ4v) is 1.43. The first-order valence-corrected chi connectivity index (χ1v) is 4.71.